The predicted octanol–water partition coefficient (Wildman–Crippen LogP) is -0.149. The summed E-state index contributed by atoms with van der Waals surface area (Å²) in [5.74, 6) is 0.652. The second kappa shape index (κ2) is 6.74. The van der Waals surface area contributed by atoms with Gasteiger partial charge in [-0.1, -0.05) is 0 Å². The van der Waals surface area contributed by atoms with Crippen molar-refractivity contribution in [2.24, 2.45) is 0 Å². The van der Waals surface area contributed by atoms with Gasteiger partial charge >= 0.3 is 0 Å². The van der Waals surface area contributed by atoms with Gasteiger partial charge in [-0.2, -0.15) is 5.26 Å². The molecule has 0 aromatic rings. The molecular weight excluding hydrogens is 228 g/mol. The highest BCUT2D eigenvalue weighted by molar-refractivity contribution is 8.00. The maximum atomic E-state index is 11.8. The van der Waals surface area contributed by atoms with Crippen LogP contribution in [0.25, 0.3) is 0 Å². The van der Waals surface area contributed by atoms with Crippen molar-refractivity contribution in [3.8, 4) is 6.07 Å². The average Bonchev–Trinajstić information content (AvgIpc) is 2.30. The minimum Gasteiger partial charge on any atom is -0.394 e. The fraction of sp³-hybridized carbons (Fsp3) is 0.800. The monoisotopic (exact) mass is 244 g/mol. The van der Waals surface area contributed by atoms with Gasteiger partial charge in [0.15, 0.2) is 0 Å². The van der Waals surface area contributed by atoms with Gasteiger partial charge in [0.2, 0.25) is 5.91 Å². The molecule has 1 heterocycles. The number of nitriles is 1. The van der Waals surface area contributed by atoms with E-state index in [1.54, 1.807) is 4.90 Å². The summed E-state index contributed by atoms with van der Waals surface area (Å²) in [6, 6.07) is 2.02. The molecule has 5 nitrogen and oxygen atoms in total. The van der Waals surface area contributed by atoms with Crippen LogP contribution in [-0.2, 0) is 9.53 Å². The van der Waals surface area contributed by atoms with E-state index in [4.69, 9.17) is 15.1 Å². The molecule has 2 unspecified atom stereocenters. The molecule has 6 heteroatoms. The lowest BCUT2D eigenvalue weighted by molar-refractivity contribution is -0.143. The molecule has 2 atom stereocenters. The highest BCUT2D eigenvalue weighted by atomic mass is 32.2. The molecule has 1 aliphatic rings. The Morgan fingerprint density at radius 2 is 2.50 bits per heavy atom. The molecule has 1 N–H and O–H groups in total. The van der Waals surface area contributed by atoms with Crippen LogP contribution in [0, 0.1) is 11.3 Å². The summed E-state index contributed by atoms with van der Waals surface area (Å²) >= 11 is 1.31. The Labute approximate surface area is 99.4 Å². The van der Waals surface area contributed by atoms with E-state index in [1.165, 1.54) is 11.8 Å². The number of carbonyl (C=O) groups is 1. The van der Waals surface area contributed by atoms with Crippen molar-refractivity contribution in [3.05, 3.63) is 0 Å². The normalized spacial score (nSPS) is 25.2. The number of aliphatic hydroxyl groups excluding tert-OH is 1. The van der Waals surface area contributed by atoms with Gasteiger partial charge in [-0.25, -0.2) is 0 Å². The summed E-state index contributed by atoms with van der Waals surface area (Å²) in [6.07, 6.45) is -0.277. The second-order valence-corrected chi connectivity index (χ2v) is 4.67. The van der Waals surface area contributed by atoms with Gasteiger partial charge in [0, 0.05) is 6.54 Å². The van der Waals surface area contributed by atoms with E-state index in [1.807, 2.05) is 13.0 Å². The Bertz CT molecular complexity index is 280. The van der Waals surface area contributed by atoms with Gasteiger partial charge in [0.25, 0.3) is 0 Å². The minimum atomic E-state index is -0.277. The smallest absolute Gasteiger partial charge is 0.233 e. The molecule has 0 spiro atoms. The summed E-state index contributed by atoms with van der Waals surface area (Å²) in [5, 5.41) is 17.4. The first-order chi connectivity index (χ1) is 7.69. The number of amides is 1. The molecule has 90 valence electrons. The Morgan fingerprint density at radius 3 is 3.12 bits per heavy atom. The number of ether oxygens (including phenoxy) is 1. The van der Waals surface area contributed by atoms with Crippen molar-refractivity contribution in [2.75, 3.05) is 31.3 Å². The lowest BCUT2D eigenvalue weighted by Crippen LogP contribution is -2.52. The topological polar surface area (TPSA) is 73.6 Å². The first-order valence-corrected chi connectivity index (χ1v) is 6.31. The molecule has 0 aliphatic carbocycles. The van der Waals surface area contributed by atoms with Gasteiger partial charge in [-0.3, -0.25) is 4.79 Å². The number of hydrogen-bond donors (Lipinski definition) is 1. The van der Waals surface area contributed by atoms with Gasteiger partial charge in [0.1, 0.15) is 0 Å². The second-order valence-electron chi connectivity index (χ2n) is 3.68. The van der Waals surface area contributed by atoms with E-state index in [2.05, 4.69) is 0 Å². The van der Waals surface area contributed by atoms with Crippen molar-refractivity contribution in [2.45, 2.75) is 19.1 Å². The number of morpholine rings is 1. The zero-order chi connectivity index (χ0) is 12.0. The van der Waals surface area contributed by atoms with Gasteiger partial charge in [-0.05, 0) is 6.92 Å². The lowest BCUT2D eigenvalue weighted by atomic mass is 10.2. The van der Waals surface area contributed by atoms with Crippen LogP contribution < -0.4 is 0 Å². The Balaban J connectivity index is 2.43. The maximum Gasteiger partial charge on any atom is 0.233 e. The number of hydrogen-bond acceptors (Lipinski definition) is 5. The van der Waals surface area contributed by atoms with Crippen molar-refractivity contribution < 1.29 is 14.6 Å². The first-order valence-electron chi connectivity index (χ1n) is 5.15. The SMILES string of the molecule is CC1COC(CO)CN1C(=O)CSCC#N. The summed E-state index contributed by atoms with van der Waals surface area (Å²) in [4.78, 5) is 13.5. The van der Waals surface area contributed by atoms with E-state index in [-0.39, 0.29) is 24.7 Å². The minimum absolute atomic E-state index is 0.00880. The number of rotatable bonds is 4. The third-order valence-electron chi connectivity index (χ3n) is 2.42. The molecule has 16 heavy (non-hydrogen) atoms. The van der Waals surface area contributed by atoms with E-state index >= 15 is 0 Å². The third kappa shape index (κ3) is 3.67. The van der Waals surface area contributed by atoms with Crippen LogP contribution in [0.4, 0.5) is 0 Å². The molecule has 1 saturated heterocycles. The number of thioether (sulfide) groups is 1. The summed E-state index contributed by atoms with van der Waals surface area (Å²) in [7, 11) is 0. The molecule has 1 fully saturated rings. The van der Waals surface area contributed by atoms with Crippen LogP contribution in [0.3, 0.4) is 0 Å². The molecule has 0 radical (unpaired) electrons. The molecule has 1 aliphatic heterocycles. The quantitative estimate of drug-likeness (QED) is 0.696. The molecule has 1 rings (SSSR count). The van der Waals surface area contributed by atoms with Gasteiger partial charge in [0.05, 0.1) is 42.9 Å². The van der Waals surface area contributed by atoms with Crippen LogP contribution in [0.1, 0.15) is 6.92 Å². The van der Waals surface area contributed by atoms with E-state index in [0.717, 1.165) is 0 Å². The van der Waals surface area contributed by atoms with Crippen LogP contribution in [0.5, 0.6) is 0 Å². The maximum absolute atomic E-state index is 11.8. The van der Waals surface area contributed by atoms with Gasteiger partial charge < -0.3 is 14.7 Å². The highest BCUT2D eigenvalue weighted by Crippen LogP contribution is 2.13. The summed E-state index contributed by atoms with van der Waals surface area (Å²) < 4.78 is 5.34. The van der Waals surface area contributed by atoms with E-state index < -0.39 is 0 Å². The standard InChI is InChI=1S/C10H16N2O3S/c1-8-6-15-9(5-13)4-12(8)10(14)7-16-3-2-11/h8-9,13H,3-7H2,1H3. The Hall–Kier alpha value is -0.770. The van der Waals surface area contributed by atoms with Gasteiger partial charge in [-0.15, -0.1) is 11.8 Å². The number of aliphatic hydroxyl groups is 1. The Morgan fingerprint density at radius 1 is 1.75 bits per heavy atom. The highest BCUT2D eigenvalue weighted by Gasteiger charge is 2.28. The third-order valence-corrected chi connectivity index (χ3v) is 3.21. The van der Waals surface area contributed by atoms with Crippen LogP contribution in [0.15, 0.2) is 0 Å². The van der Waals surface area contributed by atoms with Crippen molar-refractivity contribution in [1.29, 1.82) is 5.26 Å². The summed E-state index contributed by atoms with van der Waals surface area (Å²) in [6.45, 7) is 2.74. The first kappa shape index (κ1) is 13.3. The van der Waals surface area contributed by atoms with Crippen LogP contribution in [0.2, 0.25) is 0 Å². The molecule has 0 bridgehead atoms. The van der Waals surface area contributed by atoms with Crippen molar-refractivity contribution in [1.82, 2.24) is 4.90 Å². The van der Waals surface area contributed by atoms with Crippen LogP contribution in [-0.4, -0.2) is 59.3 Å². The zero-order valence-electron chi connectivity index (χ0n) is 9.26. The predicted molar refractivity (Wildman–Crippen MR) is 60.9 cm³/mol. The fourth-order valence-electron chi connectivity index (χ4n) is 1.54. The summed E-state index contributed by atoms with van der Waals surface area (Å²) in [5.41, 5.74) is 0. The molecule has 0 saturated carbocycles. The van der Waals surface area contributed by atoms with Crippen molar-refractivity contribution in [3.63, 3.8) is 0 Å². The molecule has 0 aromatic carbocycles. The molecule has 0 aromatic heterocycles. The molecule has 1 amide bonds. The zero-order valence-corrected chi connectivity index (χ0v) is 10.1. The average molecular weight is 244 g/mol. The largest absolute Gasteiger partial charge is 0.394 e. The van der Waals surface area contributed by atoms with Crippen LogP contribution >= 0.6 is 11.8 Å². The van der Waals surface area contributed by atoms with E-state index in [0.29, 0.717) is 24.7 Å². The lowest BCUT2D eigenvalue weighted by Gasteiger charge is -2.37. The number of carbonyl (C=O) groups excluding carboxylic acids is 1. The fourth-order valence-corrected chi connectivity index (χ4v) is 2.08. The number of nitrogens with zero attached hydrogens (tertiary/aromatic N) is 2. The van der Waals surface area contributed by atoms with E-state index in [9.17, 15) is 4.79 Å². The Kier molecular flexibility index (Phi) is 5.60. The molecular formula is C10H16N2O3S. The van der Waals surface area contributed by atoms with Crippen molar-refractivity contribution >= 4 is 17.7 Å².